The third-order valence-corrected chi connectivity index (χ3v) is 9.49. The van der Waals surface area contributed by atoms with Gasteiger partial charge in [0.25, 0.3) is 6.47 Å². The highest BCUT2D eigenvalue weighted by atomic mass is 32.1. The van der Waals surface area contributed by atoms with Gasteiger partial charge in [0.05, 0.1) is 41.7 Å². The van der Waals surface area contributed by atoms with Crippen LogP contribution in [0.15, 0.2) is 60.2 Å². The maximum Gasteiger partial charge on any atom is 0.330 e. The summed E-state index contributed by atoms with van der Waals surface area (Å²) in [5.41, 5.74) is 4.66. The number of hydrazone groups is 1. The molecule has 1 fully saturated rings. The van der Waals surface area contributed by atoms with Gasteiger partial charge in [0.15, 0.2) is 5.65 Å². The Balaban J connectivity index is 1.06. The van der Waals surface area contributed by atoms with E-state index in [0.29, 0.717) is 79.0 Å². The number of anilines is 1. The zero-order chi connectivity index (χ0) is 37.6. The Morgan fingerprint density at radius 3 is 2.23 bits per heavy atom. The first-order valence-electron chi connectivity index (χ1n) is 17.3. The summed E-state index contributed by atoms with van der Waals surface area (Å²) in [6, 6.07) is 11.5. The lowest BCUT2D eigenvalue weighted by Crippen LogP contribution is -2.30. The third-order valence-electron chi connectivity index (χ3n) is 8.43. The average molecular weight is 744 g/mol. The molecule has 15 heteroatoms. The Morgan fingerprint density at radius 1 is 0.868 bits per heavy atom. The van der Waals surface area contributed by atoms with Gasteiger partial charge in [0.1, 0.15) is 28.8 Å². The topological polar surface area (TPSA) is 177 Å². The van der Waals surface area contributed by atoms with Gasteiger partial charge in [-0.15, -0.1) is 0 Å². The average Bonchev–Trinajstić information content (AvgIpc) is 3.57. The van der Waals surface area contributed by atoms with E-state index < -0.39 is 17.9 Å². The predicted octanol–water partition coefficient (Wildman–Crippen LogP) is 6.67. The van der Waals surface area contributed by atoms with E-state index in [2.05, 4.69) is 32.1 Å². The van der Waals surface area contributed by atoms with Crippen molar-refractivity contribution >= 4 is 57.4 Å². The van der Waals surface area contributed by atoms with Crippen molar-refractivity contribution in [1.29, 1.82) is 0 Å². The third kappa shape index (κ3) is 11.4. The first-order chi connectivity index (χ1) is 25.7. The van der Waals surface area contributed by atoms with Crippen LogP contribution in [-0.2, 0) is 23.9 Å². The summed E-state index contributed by atoms with van der Waals surface area (Å²) >= 11 is 1.36. The highest BCUT2D eigenvalue weighted by molar-refractivity contribution is 7.22. The second-order valence-electron chi connectivity index (χ2n) is 12.3. The standard InChI is InChI=1S/C38H41N5O9S/c1-4-33(45)49-20-8-6-5-7-19-48-29-13-15-30(16-14-29)51-36(46)26-9-11-27(12-10-26)37(47)52-32-18-17-31(50-23-44)21-28(32)22-39-43-38-42-35-34(53-38)24(2)40-25(3)41-35/h4,13-18,21-23,26-27H,1,5-12,19-20H2,2-3H3,(H,40,41,42,43)/b39-22+. The Morgan fingerprint density at radius 2 is 1.53 bits per heavy atom. The second kappa shape index (κ2) is 19.2. The summed E-state index contributed by atoms with van der Waals surface area (Å²) in [5.74, 6) is 0.278. The molecular weight excluding hydrogens is 703 g/mol. The van der Waals surface area contributed by atoms with E-state index in [-0.39, 0.29) is 23.4 Å². The molecule has 1 aliphatic carbocycles. The summed E-state index contributed by atoms with van der Waals surface area (Å²) in [5, 5.41) is 4.76. The van der Waals surface area contributed by atoms with E-state index in [4.69, 9.17) is 23.7 Å². The summed E-state index contributed by atoms with van der Waals surface area (Å²) < 4.78 is 28.0. The van der Waals surface area contributed by atoms with Crippen LogP contribution >= 0.6 is 11.3 Å². The molecule has 5 rings (SSSR count). The van der Waals surface area contributed by atoms with Crippen molar-refractivity contribution in [2.24, 2.45) is 16.9 Å². The van der Waals surface area contributed by atoms with Gasteiger partial charge in [-0.3, -0.25) is 19.8 Å². The smallest absolute Gasteiger partial charge is 0.330 e. The molecule has 0 radical (unpaired) electrons. The fourth-order valence-electron chi connectivity index (χ4n) is 5.69. The molecule has 14 nitrogen and oxygen atoms in total. The monoisotopic (exact) mass is 743 g/mol. The number of benzene rings is 2. The van der Waals surface area contributed by atoms with Gasteiger partial charge in [-0.25, -0.2) is 14.8 Å². The maximum atomic E-state index is 13.2. The van der Waals surface area contributed by atoms with Crippen LogP contribution in [0.2, 0.25) is 0 Å². The van der Waals surface area contributed by atoms with Crippen LogP contribution in [0.5, 0.6) is 23.0 Å². The number of hydrogen-bond donors (Lipinski definition) is 1. The van der Waals surface area contributed by atoms with Crippen LogP contribution in [0.25, 0.3) is 10.3 Å². The molecule has 0 bridgehead atoms. The Hall–Kier alpha value is -5.70. The van der Waals surface area contributed by atoms with Crippen molar-refractivity contribution < 1.29 is 42.9 Å². The minimum Gasteiger partial charge on any atom is -0.494 e. The number of carbonyl (C=O) groups is 4. The number of hydrogen-bond acceptors (Lipinski definition) is 15. The van der Waals surface area contributed by atoms with Gasteiger partial charge >= 0.3 is 17.9 Å². The molecule has 0 saturated heterocycles. The minimum atomic E-state index is -0.427. The molecule has 1 saturated carbocycles. The number of carbonyl (C=O) groups excluding carboxylic acids is 4. The van der Waals surface area contributed by atoms with Gasteiger partial charge in [-0.1, -0.05) is 17.9 Å². The van der Waals surface area contributed by atoms with Gasteiger partial charge in [-0.05, 0) is 108 Å². The lowest BCUT2D eigenvalue weighted by Gasteiger charge is -2.26. The fraction of sp³-hybridized carbons (Fsp3) is 0.368. The summed E-state index contributed by atoms with van der Waals surface area (Å²) in [6.45, 7) is 8.29. The molecule has 0 spiro atoms. The molecule has 1 N–H and O–H groups in total. The number of thiazole rings is 1. The van der Waals surface area contributed by atoms with Gasteiger partial charge in [0.2, 0.25) is 5.13 Å². The molecule has 0 aliphatic heterocycles. The molecule has 53 heavy (non-hydrogen) atoms. The molecular formula is C38H41N5O9S. The zero-order valence-corrected chi connectivity index (χ0v) is 30.4. The molecule has 2 aromatic heterocycles. The van der Waals surface area contributed by atoms with Gasteiger partial charge in [0, 0.05) is 11.6 Å². The van der Waals surface area contributed by atoms with Crippen LogP contribution in [0.4, 0.5) is 5.13 Å². The number of nitrogens with zero attached hydrogens (tertiary/aromatic N) is 4. The minimum absolute atomic E-state index is 0.234. The molecule has 278 valence electrons. The van der Waals surface area contributed by atoms with Crippen LogP contribution < -0.4 is 24.4 Å². The molecule has 0 amide bonds. The maximum absolute atomic E-state index is 13.2. The first kappa shape index (κ1) is 38.5. The van der Waals surface area contributed by atoms with E-state index in [9.17, 15) is 19.2 Å². The molecule has 2 aromatic carbocycles. The molecule has 0 atom stereocenters. The normalized spacial score (nSPS) is 15.4. The summed E-state index contributed by atoms with van der Waals surface area (Å²) in [6.07, 6.45) is 8.00. The van der Waals surface area contributed by atoms with E-state index >= 15 is 0 Å². The largest absolute Gasteiger partial charge is 0.494 e. The lowest BCUT2D eigenvalue weighted by molar-refractivity contribution is -0.145. The summed E-state index contributed by atoms with van der Waals surface area (Å²) in [4.78, 5) is 61.3. The first-order valence-corrected chi connectivity index (χ1v) is 18.1. The second-order valence-corrected chi connectivity index (χ2v) is 13.3. The van der Waals surface area contributed by atoms with E-state index in [1.54, 1.807) is 31.2 Å². The predicted molar refractivity (Wildman–Crippen MR) is 197 cm³/mol. The highest BCUT2D eigenvalue weighted by Gasteiger charge is 2.32. The number of ether oxygens (including phenoxy) is 5. The molecule has 4 aromatic rings. The lowest BCUT2D eigenvalue weighted by atomic mass is 9.82. The van der Waals surface area contributed by atoms with Crippen molar-refractivity contribution in [1.82, 2.24) is 15.0 Å². The zero-order valence-electron chi connectivity index (χ0n) is 29.6. The van der Waals surface area contributed by atoms with Crippen molar-refractivity contribution in [3.05, 3.63) is 72.2 Å². The van der Waals surface area contributed by atoms with Crippen molar-refractivity contribution in [3.63, 3.8) is 0 Å². The van der Waals surface area contributed by atoms with Crippen molar-refractivity contribution in [2.45, 2.75) is 65.2 Å². The van der Waals surface area contributed by atoms with Gasteiger partial charge in [-0.2, -0.15) is 10.1 Å². The summed E-state index contributed by atoms with van der Waals surface area (Å²) in [7, 11) is 0. The number of rotatable bonds is 18. The van der Waals surface area contributed by atoms with E-state index in [1.807, 2.05) is 6.92 Å². The SMILES string of the molecule is C=CC(=O)OCCCCCCOc1ccc(OC(=O)C2CCC(C(=O)Oc3ccc(OC=O)cc3/C=N/Nc3nc4nc(C)nc(C)c4s3)CC2)cc1. The van der Waals surface area contributed by atoms with Crippen LogP contribution in [-0.4, -0.2) is 58.8 Å². The molecule has 0 unspecified atom stereocenters. The number of fused-ring (bicyclic) bond motifs is 1. The van der Waals surface area contributed by atoms with E-state index in [0.717, 1.165) is 42.2 Å². The number of esters is 3. The Bertz CT molecular complexity index is 1940. The van der Waals surface area contributed by atoms with Gasteiger partial charge < -0.3 is 23.7 Å². The molecule has 2 heterocycles. The Kier molecular flexibility index (Phi) is 14.0. The number of unbranched alkanes of at least 4 members (excludes halogenated alkanes) is 3. The van der Waals surface area contributed by atoms with Crippen LogP contribution in [0.3, 0.4) is 0 Å². The fourth-order valence-corrected chi connectivity index (χ4v) is 6.49. The number of aromatic nitrogens is 3. The van der Waals surface area contributed by atoms with Crippen LogP contribution in [0.1, 0.15) is 68.4 Å². The van der Waals surface area contributed by atoms with Crippen molar-refractivity contribution in [3.8, 4) is 23.0 Å². The van der Waals surface area contributed by atoms with Crippen molar-refractivity contribution in [2.75, 3.05) is 18.6 Å². The number of aryl methyl sites for hydroxylation is 2. The van der Waals surface area contributed by atoms with E-state index in [1.165, 1.54) is 35.8 Å². The Labute approximate surface area is 310 Å². The number of nitrogens with one attached hydrogen (secondary N) is 1. The van der Waals surface area contributed by atoms with Crippen LogP contribution in [0, 0.1) is 25.7 Å². The molecule has 1 aliphatic rings. The quantitative estimate of drug-likeness (QED) is 0.0218. The highest BCUT2D eigenvalue weighted by Crippen LogP contribution is 2.33.